The molecule has 2 aromatic carbocycles. The second-order valence-electron chi connectivity index (χ2n) is 7.78. The Balaban J connectivity index is 1.18. The molecule has 0 saturated heterocycles. The van der Waals surface area contributed by atoms with E-state index < -0.39 is 0 Å². The minimum Gasteiger partial charge on any atom is -0.490 e. The van der Waals surface area contributed by atoms with Gasteiger partial charge >= 0.3 is 0 Å². The summed E-state index contributed by atoms with van der Waals surface area (Å²) in [5.41, 5.74) is 3.84. The summed E-state index contributed by atoms with van der Waals surface area (Å²) >= 11 is 0. The van der Waals surface area contributed by atoms with Crippen LogP contribution in [0.2, 0.25) is 0 Å². The molecule has 1 unspecified atom stereocenters. The average Bonchev–Trinajstić information content (AvgIpc) is 3.51. The van der Waals surface area contributed by atoms with Crippen molar-refractivity contribution in [2.24, 2.45) is 0 Å². The van der Waals surface area contributed by atoms with E-state index in [2.05, 4.69) is 15.6 Å². The van der Waals surface area contributed by atoms with E-state index in [-0.39, 0.29) is 30.8 Å². The summed E-state index contributed by atoms with van der Waals surface area (Å²) in [6, 6.07) is 15.3. The third kappa shape index (κ3) is 4.25. The van der Waals surface area contributed by atoms with Crippen LogP contribution in [0.5, 0.6) is 5.75 Å². The zero-order valence-electron chi connectivity index (χ0n) is 17.3. The molecule has 0 fully saturated rings. The van der Waals surface area contributed by atoms with E-state index in [1.165, 1.54) is 12.1 Å². The first-order valence-electron chi connectivity index (χ1n) is 10.3. The lowest BCUT2D eigenvalue weighted by molar-refractivity contribution is -0.120. The van der Waals surface area contributed by atoms with Crippen LogP contribution in [-0.4, -0.2) is 22.3 Å². The van der Waals surface area contributed by atoms with Gasteiger partial charge in [-0.1, -0.05) is 10.3 Å². The maximum Gasteiger partial charge on any atom is 0.226 e. The Bertz CT molecular complexity index is 1260. The molecule has 4 aromatic rings. The highest BCUT2D eigenvalue weighted by Gasteiger charge is 2.20. The Morgan fingerprint density at radius 3 is 2.50 bits per heavy atom. The number of hydrogen-bond donors (Lipinski definition) is 1. The van der Waals surface area contributed by atoms with Crippen LogP contribution >= 0.6 is 0 Å². The summed E-state index contributed by atoms with van der Waals surface area (Å²) in [6.45, 7) is 2.24. The van der Waals surface area contributed by atoms with Crippen molar-refractivity contribution in [1.29, 1.82) is 0 Å². The molecule has 8 heteroatoms. The number of hydrogen-bond acceptors (Lipinski definition) is 6. The number of amides is 1. The van der Waals surface area contributed by atoms with E-state index >= 15 is 0 Å². The van der Waals surface area contributed by atoms with Gasteiger partial charge in [0.2, 0.25) is 5.91 Å². The number of fused-ring (bicyclic) bond motifs is 1. The second-order valence-corrected chi connectivity index (χ2v) is 7.78. The van der Waals surface area contributed by atoms with Gasteiger partial charge in [0.15, 0.2) is 11.5 Å². The van der Waals surface area contributed by atoms with Crippen LogP contribution < -0.4 is 10.1 Å². The fraction of sp³-hybridized carbons (Fsp3) is 0.208. The van der Waals surface area contributed by atoms with E-state index in [0.29, 0.717) is 28.5 Å². The predicted octanol–water partition coefficient (Wildman–Crippen LogP) is 4.32. The molecular weight excluding hydrogens is 413 g/mol. The zero-order chi connectivity index (χ0) is 22.1. The van der Waals surface area contributed by atoms with Crippen LogP contribution in [0.4, 0.5) is 4.39 Å². The van der Waals surface area contributed by atoms with E-state index in [0.717, 1.165) is 23.3 Å². The molecular formula is C24H20FN3O4. The van der Waals surface area contributed by atoms with Gasteiger partial charge in [0.1, 0.15) is 23.4 Å². The first-order valence-corrected chi connectivity index (χ1v) is 10.3. The summed E-state index contributed by atoms with van der Waals surface area (Å²) in [5.74, 6) is 1.47. The van der Waals surface area contributed by atoms with Crippen molar-refractivity contribution in [1.82, 2.24) is 15.6 Å². The predicted molar refractivity (Wildman–Crippen MR) is 113 cm³/mol. The maximum absolute atomic E-state index is 13.1. The topological polar surface area (TPSA) is 90.4 Å². The Morgan fingerprint density at radius 1 is 1.00 bits per heavy atom. The van der Waals surface area contributed by atoms with E-state index in [1.54, 1.807) is 24.3 Å². The van der Waals surface area contributed by atoms with Crippen molar-refractivity contribution >= 4 is 5.91 Å². The van der Waals surface area contributed by atoms with Crippen molar-refractivity contribution in [2.45, 2.75) is 32.4 Å². The number of rotatable bonds is 6. The van der Waals surface area contributed by atoms with Crippen LogP contribution in [0, 0.1) is 5.82 Å². The number of benzene rings is 2. The molecule has 2 aromatic heterocycles. The minimum absolute atomic E-state index is 0.0806. The molecule has 162 valence electrons. The standard InChI is InChI=1S/C24H20FN3O4/c1-14-8-17-9-16(4-7-21(17)30-14)23-10-19(27-32-23)12-24(29)26-13-20-11-22(31-28-20)15-2-5-18(25)6-3-15/h2-7,9-11,14H,8,12-13H2,1H3,(H,26,29). The van der Waals surface area contributed by atoms with Crippen LogP contribution in [-0.2, 0) is 24.2 Å². The number of nitrogens with one attached hydrogen (secondary N) is 1. The van der Waals surface area contributed by atoms with Crippen molar-refractivity contribution < 1.29 is 23.0 Å². The Morgan fingerprint density at radius 2 is 1.69 bits per heavy atom. The normalized spacial score (nSPS) is 14.8. The highest BCUT2D eigenvalue weighted by atomic mass is 19.1. The summed E-state index contributed by atoms with van der Waals surface area (Å²) in [5, 5.41) is 10.7. The van der Waals surface area contributed by atoms with Gasteiger partial charge in [-0.3, -0.25) is 4.79 Å². The molecule has 0 radical (unpaired) electrons. The van der Waals surface area contributed by atoms with Crippen LogP contribution in [0.1, 0.15) is 23.9 Å². The maximum atomic E-state index is 13.1. The fourth-order valence-corrected chi connectivity index (χ4v) is 3.67. The quantitative estimate of drug-likeness (QED) is 0.487. The first-order chi connectivity index (χ1) is 15.5. The number of halogens is 1. The number of ether oxygens (including phenoxy) is 1. The van der Waals surface area contributed by atoms with Gasteiger partial charge in [-0.15, -0.1) is 0 Å². The van der Waals surface area contributed by atoms with E-state index in [4.69, 9.17) is 13.8 Å². The molecule has 0 aliphatic carbocycles. The fourth-order valence-electron chi connectivity index (χ4n) is 3.67. The van der Waals surface area contributed by atoms with Crippen molar-refractivity contribution in [2.75, 3.05) is 0 Å². The summed E-state index contributed by atoms with van der Waals surface area (Å²) in [4.78, 5) is 12.3. The third-order valence-electron chi connectivity index (χ3n) is 5.24. The zero-order valence-corrected chi connectivity index (χ0v) is 17.3. The Kier molecular flexibility index (Phi) is 5.18. The van der Waals surface area contributed by atoms with E-state index in [9.17, 15) is 9.18 Å². The molecule has 1 N–H and O–H groups in total. The van der Waals surface area contributed by atoms with Crippen molar-refractivity contribution in [3.05, 3.63) is 77.4 Å². The number of carbonyl (C=O) groups is 1. The van der Waals surface area contributed by atoms with Crippen LogP contribution in [0.3, 0.4) is 0 Å². The largest absolute Gasteiger partial charge is 0.490 e. The molecule has 7 nitrogen and oxygen atoms in total. The van der Waals surface area contributed by atoms with Gasteiger partial charge in [-0.25, -0.2) is 4.39 Å². The SMILES string of the molecule is CC1Cc2cc(-c3cc(CC(=O)NCc4cc(-c5ccc(F)cc5)on4)no3)ccc2O1. The Hall–Kier alpha value is -3.94. The molecule has 1 atom stereocenters. The molecule has 0 bridgehead atoms. The van der Waals surface area contributed by atoms with Crippen molar-refractivity contribution in [3.63, 3.8) is 0 Å². The van der Waals surface area contributed by atoms with Gasteiger partial charge in [0, 0.05) is 29.7 Å². The Labute approximate surface area is 183 Å². The number of carbonyl (C=O) groups excluding carboxylic acids is 1. The lowest BCUT2D eigenvalue weighted by Crippen LogP contribution is -2.24. The van der Waals surface area contributed by atoms with Crippen LogP contribution in [0.15, 0.2) is 63.6 Å². The highest BCUT2D eigenvalue weighted by molar-refractivity contribution is 5.78. The second kappa shape index (κ2) is 8.30. The van der Waals surface area contributed by atoms with Gasteiger partial charge in [-0.2, -0.15) is 0 Å². The molecule has 5 rings (SSSR count). The van der Waals surface area contributed by atoms with E-state index in [1.807, 2.05) is 25.1 Å². The lowest BCUT2D eigenvalue weighted by atomic mass is 10.1. The van der Waals surface area contributed by atoms with Gasteiger partial charge < -0.3 is 19.1 Å². The molecule has 1 aliphatic rings. The lowest BCUT2D eigenvalue weighted by Gasteiger charge is -2.02. The summed E-state index contributed by atoms with van der Waals surface area (Å²) in [7, 11) is 0. The average molecular weight is 433 g/mol. The smallest absolute Gasteiger partial charge is 0.226 e. The first kappa shape index (κ1) is 20.0. The molecule has 32 heavy (non-hydrogen) atoms. The molecule has 1 amide bonds. The van der Waals surface area contributed by atoms with Crippen LogP contribution in [0.25, 0.3) is 22.6 Å². The van der Waals surface area contributed by atoms with Crippen molar-refractivity contribution in [3.8, 4) is 28.4 Å². The molecule has 0 spiro atoms. The summed E-state index contributed by atoms with van der Waals surface area (Å²) < 4.78 is 29.5. The number of aromatic nitrogens is 2. The third-order valence-corrected chi connectivity index (χ3v) is 5.24. The van der Waals surface area contributed by atoms with Gasteiger partial charge in [-0.05, 0) is 55.0 Å². The molecule has 0 saturated carbocycles. The number of nitrogens with zero attached hydrogens (tertiary/aromatic N) is 2. The van der Waals surface area contributed by atoms with Gasteiger partial charge in [0.25, 0.3) is 0 Å². The summed E-state index contributed by atoms with van der Waals surface area (Å²) in [6.07, 6.45) is 1.11. The monoisotopic (exact) mass is 433 g/mol. The van der Waals surface area contributed by atoms with Gasteiger partial charge in [0.05, 0.1) is 18.7 Å². The molecule has 1 aliphatic heterocycles. The highest BCUT2D eigenvalue weighted by Crippen LogP contribution is 2.33. The molecule has 3 heterocycles. The minimum atomic E-state index is -0.323.